The van der Waals surface area contributed by atoms with Crippen molar-refractivity contribution in [1.29, 1.82) is 0 Å². The summed E-state index contributed by atoms with van der Waals surface area (Å²) in [5, 5.41) is 0. The molecule has 0 unspecified atom stereocenters. The van der Waals surface area contributed by atoms with Gasteiger partial charge in [0.2, 0.25) is 0 Å². The number of nitrogens with zero attached hydrogens (tertiary/aromatic N) is 1. The molecule has 1 heterocycles. The van der Waals surface area contributed by atoms with Crippen molar-refractivity contribution in [1.82, 2.24) is 0 Å². The molecule has 1 aliphatic heterocycles. The Kier molecular flexibility index (Phi) is 4.27. The second-order valence-corrected chi connectivity index (χ2v) is 2.16. The van der Waals surface area contributed by atoms with Crippen molar-refractivity contribution in [2.75, 3.05) is 0 Å². The number of hydrogen-bond acceptors (Lipinski definition) is 1. The summed E-state index contributed by atoms with van der Waals surface area (Å²) in [6, 6.07) is 1.06. The van der Waals surface area contributed by atoms with E-state index in [1.54, 1.807) is 0 Å². The van der Waals surface area contributed by atoms with Crippen LogP contribution < -0.4 is 18.9 Å². The van der Waals surface area contributed by atoms with Gasteiger partial charge in [0, 0.05) is 0 Å². The van der Waals surface area contributed by atoms with Crippen molar-refractivity contribution in [3.05, 3.63) is 29.8 Å². The van der Waals surface area contributed by atoms with Crippen LogP contribution in [0.15, 0.2) is 28.8 Å². The third kappa shape index (κ3) is 2.96. The molecule has 1 aliphatic rings. The molecule has 48 valence electrons. The quantitative estimate of drug-likeness (QED) is 0.296. The van der Waals surface area contributed by atoms with Crippen molar-refractivity contribution in [3.63, 3.8) is 0 Å². The van der Waals surface area contributed by atoms with E-state index in [0.29, 0.717) is 0 Å². The van der Waals surface area contributed by atoms with E-state index < -0.39 is 0 Å². The zero-order valence-electron chi connectivity index (χ0n) is 6.76. The Bertz CT molecular complexity index is 180. The SMILES string of the molecule is CC1=CC=N[C-](C)C=C1.[Li+]. The van der Waals surface area contributed by atoms with Crippen molar-refractivity contribution in [2.24, 2.45) is 4.99 Å². The van der Waals surface area contributed by atoms with E-state index >= 15 is 0 Å². The monoisotopic (exact) mass is 127 g/mol. The van der Waals surface area contributed by atoms with Gasteiger partial charge in [0.25, 0.3) is 0 Å². The molecule has 2 heteroatoms. The van der Waals surface area contributed by atoms with Gasteiger partial charge in [0.15, 0.2) is 0 Å². The molecule has 0 spiro atoms. The smallest absolute Gasteiger partial charge is 0.387 e. The molecule has 0 amide bonds. The number of rotatable bonds is 0. The van der Waals surface area contributed by atoms with E-state index in [1.165, 1.54) is 5.57 Å². The van der Waals surface area contributed by atoms with Gasteiger partial charge in [-0.3, -0.25) is 0 Å². The van der Waals surface area contributed by atoms with Crippen molar-refractivity contribution in [3.8, 4) is 0 Å². The topological polar surface area (TPSA) is 12.4 Å². The van der Waals surface area contributed by atoms with Gasteiger partial charge in [0.1, 0.15) is 0 Å². The Morgan fingerprint density at radius 1 is 1.50 bits per heavy atom. The molecule has 0 bridgehead atoms. The number of aliphatic imine (C=N–C) groups is 1. The Hall–Kier alpha value is -0.383. The van der Waals surface area contributed by atoms with Gasteiger partial charge in [0.05, 0.1) is 0 Å². The fraction of sp³-hybridized carbons (Fsp3) is 0.250. The summed E-state index contributed by atoms with van der Waals surface area (Å²) in [7, 11) is 0. The molecule has 1 nitrogen and oxygen atoms in total. The van der Waals surface area contributed by atoms with Crippen molar-refractivity contribution in [2.45, 2.75) is 13.8 Å². The van der Waals surface area contributed by atoms with Crippen LogP contribution in [0.25, 0.3) is 0 Å². The summed E-state index contributed by atoms with van der Waals surface area (Å²) in [6.07, 6.45) is 7.88. The standard InChI is InChI=1S/C8H10N.Li/c1-7-3-4-8(2)9-6-5-7;/h3-6H,1-2H3;/q-1;+1. The first kappa shape index (κ1) is 9.62. The zero-order chi connectivity index (χ0) is 6.69. The molecule has 0 radical (unpaired) electrons. The zero-order valence-corrected chi connectivity index (χ0v) is 6.76. The van der Waals surface area contributed by atoms with Crippen LogP contribution in [-0.2, 0) is 0 Å². The number of hydrogen-bond donors (Lipinski definition) is 0. The minimum Gasteiger partial charge on any atom is -0.387 e. The molecule has 0 aromatic carbocycles. The normalized spacial score (nSPS) is 15.8. The molecule has 0 N–H and O–H groups in total. The van der Waals surface area contributed by atoms with Gasteiger partial charge in [-0.05, 0) is 0 Å². The molecule has 0 fully saturated rings. The van der Waals surface area contributed by atoms with E-state index in [0.717, 1.165) is 6.04 Å². The fourth-order valence-electron chi connectivity index (χ4n) is 0.623. The van der Waals surface area contributed by atoms with E-state index in [1.807, 2.05) is 25.3 Å². The molecule has 0 atom stereocenters. The fourth-order valence-corrected chi connectivity index (χ4v) is 0.623. The molecule has 0 saturated carbocycles. The van der Waals surface area contributed by atoms with Gasteiger partial charge < -0.3 is 4.99 Å². The maximum atomic E-state index is 4.10. The first-order valence-electron chi connectivity index (χ1n) is 3.01. The van der Waals surface area contributed by atoms with Crippen LogP contribution in [0, 0.1) is 6.04 Å². The minimum absolute atomic E-state index is 0. The number of allylic oxidation sites excluding steroid dienone is 3. The molecular weight excluding hydrogens is 117 g/mol. The van der Waals surface area contributed by atoms with Gasteiger partial charge in [-0.1, -0.05) is 26.1 Å². The molecule has 0 aliphatic carbocycles. The predicted molar refractivity (Wildman–Crippen MR) is 40.3 cm³/mol. The molecule has 0 aromatic rings. The maximum Gasteiger partial charge on any atom is 1.00 e. The van der Waals surface area contributed by atoms with E-state index in [4.69, 9.17) is 0 Å². The average molecular weight is 127 g/mol. The van der Waals surface area contributed by atoms with Gasteiger partial charge in [-0.25, -0.2) is 0 Å². The molecule has 1 rings (SSSR count). The summed E-state index contributed by atoms with van der Waals surface area (Å²) in [4.78, 5) is 4.10. The van der Waals surface area contributed by atoms with Crippen molar-refractivity contribution < 1.29 is 18.9 Å². The second kappa shape index (κ2) is 4.44. The van der Waals surface area contributed by atoms with Crippen LogP contribution in [-0.4, -0.2) is 6.21 Å². The third-order valence-corrected chi connectivity index (χ3v) is 1.20. The van der Waals surface area contributed by atoms with Gasteiger partial charge >= 0.3 is 18.9 Å². The average Bonchev–Trinajstić information content (AvgIpc) is 1.97. The molecule has 10 heavy (non-hydrogen) atoms. The summed E-state index contributed by atoms with van der Waals surface area (Å²) < 4.78 is 0. The Morgan fingerprint density at radius 2 is 2.20 bits per heavy atom. The van der Waals surface area contributed by atoms with E-state index in [2.05, 4.69) is 18.0 Å². The Morgan fingerprint density at radius 3 is 2.90 bits per heavy atom. The second-order valence-electron chi connectivity index (χ2n) is 2.16. The first-order chi connectivity index (χ1) is 4.29. The van der Waals surface area contributed by atoms with Gasteiger partial charge in [-0.15, -0.1) is 11.6 Å². The third-order valence-electron chi connectivity index (χ3n) is 1.20. The molecular formula is C8H10LiN. The first-order valence-corrected chi connectivity index (χ1v) is 3.01. The van der Waals surface area contributed by atoms with E-state index in [-0.39, 0.29) is 18.9 Å². The summed E-state index contributed by atoms with van der Waals surface area (Å²) in [5.41, 5.74) is 1.25. The minimum atomic E-state index is 0. The van der Waals surface area contributed by atoms with E-state index in [9.17, 15) is 0 Å². The predicted octanol–water partition coefficient (Wildman–Crippen LogP) is -0.871. The summed E-state index contributed by atoms with van der Waals surface area (Å²) in [5.74, 6) is 0. The van der Waals surface area contributed by atoms with Crippen LogP contribution >= 0.6 is 0 Å². The van der Waals surface area contributed by atoms with Crippen molar-refractivity contribution >= 4 is 6.21 Å². The summed E-state index contributed by atoms with van der Waals surface area (Å²) >= 11 is 0. The van der Waals surface area contributed by atoms with Crippen LogP contribution in [0.3, 0.4) is 0 Å². The van der Waals surface area contributed by atoms with Crippen LogP contribution in [0.5, 0.6) is 0 Å². The largest absolute Gasteiger partial charge is 1.00 e. The maximum absolute atomic E-state index is 4.10. The Balaban J connectivity index is 0.000000810. The molecule has 0 aromatic heterocycles. The van der Waals surface area contributed by atoms with Crippen LogP contribution in [0.2, 0.25) is 0 Å². The molecule has 0 saturated heterocycles. The van der Waals surface area contributed by atoms with Crippen LogP contribution in [0.4, 0.5) is 0 Å². The summed E-state index contributed by atoms with van der Waals surface area (Å²) in [6.45, 7) is 4.04. The Labute approximate surface area is 74.1 Å². The van der Waals surface area contributed by atoms with Crippen LogP contribution in [0.1, 0.15) is 13.8 Å². The van der Waals surface area contributed by atoms with Gasteiger partial charge in [-0.2, -0.15) is 12.2 Å².